The first-order valence-electron chi connectivity index (χ1n) is 9.12. The SMILES string of the molecule is COc1ccc(-c2csc(NC(=O)CNC(=O)NCc3ccccc3)n2)c(OC)c1. The molecule has 2 aromatic carbocycles. The molecule has 0 spiro atoms. The zero-order valence-electron chi connectivity index (χ0n) is 16.6. The summed E-state index contributed by atoms with van der Waals surface area (Å²) in [5.41, 5.74) is 2.43. The largest absolute Gasteiger partial charge is 0.497 e. The standard InChI is InChI=1S/C21H22N4O4S/c1-28-15-8-9-16(18(10-15)29-2)17-13-30-21(24-17)25-19(26)12-23-20(27)22-11-14-6-4-3-5-7-14/h3-10,13H,11-12H2,1-2H3,(H2,22,23,27)(H,24,25,26). The van der Waals surface area contributed by atoms with E-state index in [2.05, 4.69) is 20.9 Å². The Morgan fingerprint density at radius 2 is 1.83 bits per heavy atom. The number of benzene rings is 2. The molecule has 3 rings (SSSR count). The van der Waals surface area contributed by atoms with Crippen LogP contribution in [-0.2, 0) is 11.3 Å². The van der Waals surface area contributed by atoms with E-state index < -0.39 is 6.03 Å². The zero-order chi connectivity index (χ0) is 21.3. The first-order valence-corrected chi connectivity index (χ1v) is 10.0. The number of carbonyl (C=O) groups excluding carboxylic acids is 2. The number of ether oxygens (including phenoxy) is 2. The van der Waals surface area contributed by atoms with Crippen molar-refractivity contribution in [3.05, 3.63) is 59.5 Å². The van der Waals surface area contributed by atoms with Gasteiger partial charge in [0.15, 0.2) is 5.13 Å². The Morgan fingerprint density at radius 1 is 1.03 bits per heavy atom. The second-order valence-corrected chi connectivity index (χ2v) is 7.03. The van der Waals surface area contributed by atoms with Crippen LogP contribution in [0.2, 0.25) is 0 Å². The van der Waals surface area contributed by atoms with E-state index in [0.717, 1.165) is 11.1 Å². The van der Waals surface area contributed by atoms with Crippen LogP contribution in [0.25, 0.3) is 11.3 Å². The molecular weight excluding hydrogens is 404 g/mol. The summed E-state index contributed by atoms with van der Waals surface area (Å²) < 4.78 is 10.6. The van der Waals surface area contributed by atoms with E-state index in [-0.39, 0.29) is 12.5 Å². The number of hydrogen-bond donors (Lipinski definition) is 3. The molecule has 0 saturated heterocycles. The van der Waals surface area contributed by atoms with Crippen LogP contribution in [0.15, 0.2) is 53.9 Å². The highest BCUT2D eigenvalue weighted by molar-refractivity contribution is 7.14. The number of thiazole rings is 1. The van der Waals surface area contributed by atoms with Crippen LogP contribution in [0.5, 0.6) is 11.5 Å². The Hall–Kier alpha value is -3.59. The smallest absolute Gasteiger partial charge is 0.315 e. The molecule has 0 unspecified atom stereocenters. The predicted octanol–water partition coefficient (Wildman–Crippen LogP) is 3.27. The maximum absolute atomic E-state index is 12.1. The summed E-state index contributed by atoms with van der Waals surface area (Å²) in [5.74, 6) is 0.928. The molecule has 0 atom stereocenters. The molecule has 3 amide bonds. The lowest BCUT2D eigenvalue weighted by molar-refractivity contribution is -0.115. The van der Waals surface area contributed by atoms with E-state index in [4.69, 9.17) is 9.47 Å². The van der Waals surface area contributed by atoms with E-state index in [1.165, 1.54) is 11.3 Å². The Bertz CT molecular complexity index is 1010. The van der Waals surface area contributed by atoms with Crippen molar-refractivity contribution in [3.63, 3.8) is 0 Å². The van der Waals surface area contributed by atoms with Crippen molar-refractivity contribution >= 4 is 28.4 Å². The summed E-state index contributed by atoms with van der Waals surface area (Å²) in [4.78, 5) is 28.4. The van der Waals surface area contributed by atoms with Crippen molar-refractivity contribution in [1.82, 2.24) is 15.6 Å². The predicted molar refractivity (Wildman–Crippen MR) is 116 cm³/mol. The molecular formula is C21H22N4O4S. The summed E-state index contributed by atoms with van der Waals surface area (Å²) >= 11 is 1.29. The van der Waals surface area contributed by atoms with Crippen LogP contribution in [0.4, 0.5) is 9.93 Å². The van der Waals surface area contributed by atoms with Gasteiger partial charge >= 0.3 is 6.03 Å². The molecule has 9 heteroatoms. The molecule has 0 aliphatic carbocycles. The van der Waals surface area contributed by atoms with Crippen molar-refractivity contribution in [2.75, 3.05) is 26.1 Å². The minimum absolute atomic E-state index is 0.165. The summed E-state index contributed by atoms with van der Waals surface area (Å²) in [6.07, 6.45) is 0. The third-order valence-electron chi connectivity index (χ3n) is 4.14. The molecule has 1 heterocycles. The van der Waals surface area contributed by atoms with Gasteiger partial charge in [-0.15, -0.1) is 11.3 Å². The second kappa shape index (κ2) is 10.3. The zero-order valence-corrected chi connectivity index (χ0v) is 17.4. The highest BCUT2D eigenvalue weighted by atomic mass is 32.1. The quantitative estimate of drug-likeness (QED) is 0.513. The molecule has 0 aliphatic heterocycles. The van der Waals surface area contributed by atoms with Crippen molar-refractivity contribution < 1.29 is 19.1 Å². The normalized spacial score (nSPS) is 10.2. The number of amides is 3. The van der Waals surface area contributed by atoms with Crippen LogP contribution in [0, 0.1) is 0 Å². The molecule has 0 aliphatic rings. The average Bonchev–Trinajstić information content (AvgIpc) is 3.24. The fourth-order valence-electron chi connectivity index (χ4n) is 2.63. The number of nitrogens with one attached hydrogen (secondary N) is 3. The average molecular weight is 426 g/mol. The molecule has 30 heavy (non-hydrogen) atoms. The Labute approximate surface area is 178 Å². The first kappa shape index (κ1) is 21.1. The fourth-order valence-corrected chi connectivity index (χ4v) is 3.36. The molecule has 0 radical (unpaired) electrons. The fraction of sp³-hybridized carbons (Fsp3) is 0.190. The third kappa shape index (κ3) is 5.71. The minimum atomic E-state index is -0.420. The number of urea groups is 1. The number of carbonyl (C=O) groups is 2. The molecule has 3 aromatic rings. The number of aromatic nitrogens is 1. The van der Waals surface area contributed by atoms with Gasteiger partial charge in [-0.25, -0.2) is 9.78 Å². The summed E-state index contributed by atoms with van der Waals surface area (Å²) in [7, 11) is 3.16. The van der Waals surface area contributed by atoms with Gasteiger partial charge in [0.05, 0.1) is 26.5 Å². The Kier molecular flexibility index (Phi) is 7.23. The maximum atomic E-state index is 12.1. The highest BCUT2D eigenvalue weighted by Gasteiger charge is 2.13. The molecule has 156 valence electrons. The van der Waals surface area contributed by atoms with Gasteiger partial charge < -0.3 is 25.4 Å². The maximum Gasteiger partial charge on any atom is 0.315 e. The van der Waals surface area contributed by atoms with Crippen molar-refractivity contribution in [2.24, 2.45) is 0 Å². The topological polar surface area (TPSA) is 102 Å². The van der Waals surface area contributed by atoms with E-state index >= 15 is 0 Å². The number of anilines is 1. The summed E-state index contributed by atoms with van der Waals surface area (Å²) in [6, 6.07) is 14.5. The van der Waals surface area contributed by atoms with Gasteiger partial charge in [0, 0.05) is 23.6 Å². The highest BCUT2D eigenvalue weighted by Crippen LogP contribution is 2.34. The second-order valence-electron chi connectivity index (χ2n) is 6.17. The van der Waals surface area contributed by atoms with Crippen LogP contribution in [-0.4, -0.2) is 37.7 Å². The Balaban J connectivity index is 1.51. The van der Waals surface area contributed by atoms with Crippen LogP contribution in [0.3, 0.4) is 0 Å². The Morgan fingerprint density at radius 3 is 2.57 bits per heavy atom. The van der Waals surface area contributed by atoms with E-state index in [1.807, 2.05) is 47.8 Å². The number of nitrogens with zero attached hydrogens (tertiary/aromatic N) is 1. The number of rotatable bonds is 8. The molecule has 0 bridgehead atoms. The summed E-state index contributed by atoms with van der Waals surface area (Å²) in [5, 5.41) is 10.2. The van der Waals surface area contributed by atoms with Crippen molar-refractivity contribution in [2.45, 2.75) is 6.54 Å². The number of hydrogen-bond acceptors (Lipinski definition) is 6. The van der Waals surface area contributed by atoms with Crippen molar-refractivity contribution in [1.29, 1.82) is 0 Å². The van der Waals surface area contributed by atoms with Crippen LogP contribution >= 0.6 is 11.3 Å². The van der Waals surface area contributed by atoms with Gasteiger partial charge in [0.25, 0.3) is 0 Å². The van der Waals surface area contributed by atoms with Crippen LogP contribution < -0.4 is 25.4 Å². The lowest BCUT2D eigenvalue weighted by atomic mass is 10.1. The van der Waals surface area contributed by atoms with Gasteiger partial charge in [0.1, 0.15) is 11.5 Å². The van der Waals surface area contributed by atoms with Crippen LogP contribution in [0.1, 0.15) is 5.56 Å². The lowest BCUT2D eigenvalue weighted by Crippen LogP contribution is -2.39. The number of methoxy groups -OCH3 is 2. The van der Waals surface area contributed by atoms with E-state index in [9.17, 15) is 9.59 Å². The lowest BCUT2D eigenvalue weighted by Gasteiger charge is -2.08. The molecule has 0 saturated carbocycles. The van der Waals surface area contributed by atoms with Gasteiger partial charge in [0.2, 0.25) is 5.91 Å². The monoisotopic (exact) mass is 426 g/mol. The van der Waals surface area contributed by atoms with E-state index in [1.54, 1.807) is 20.3 Å². The van der Waals surface area contributed by atoms with Gasteiger partial charge in [-0.2, -0.15) is 0 Å². The van der Waals surface area contributed by atoms with Gasteiger partial charge in [-0.3, -0.25) is 4.79 Å². The minimum Gasteiger partial charge on any atom is -0.497 e. The molecule has 1 aromatic heterocycles. The first-order chi connectivity index (χ1) is 14.6. The summed E-state index contributed by atoms with van der Waals surface area (Å²) in [6.45, 7) is 0.217. The molecule has 8 nitrogen and oxygen atoms in total. The van der Waals surface area contributed by atoms with Gasteiger partial charge in [-0.05, 0) is 17.7 Å². The van der Waals surface area contributed by atoms with Gasteiger partial charge in [-0.1, -0.05) is 30.3 Å². The van der Waals surface area contributed by atoms with E-state index in [0.29, 0.717) is 28.9 Å². The van der Waals surface area contributed by atoms with Crippen molar-refractivity contribution in [3.8, 4) is 22.8 Å². The third-order valence-corrected chi connectivity index (χ3v) is 4.90. The molecule has 0 fully saturated rings. The molecule has 3 N–H and O–H groups in total.